The van der Waals surface area contributed by atoms with Gasteiger partial charge in [-0.2, -0.15) is 15.3 Å². The van der Waals surface area contributed by atoms with Crippen molar-refractivity contribution in [2.75, 3.05) is 7.11 Å². The lowest BCUT2D eigenvalue weighted by molar-refractivity contribution is 0.417. The maximum atomic E-state index is 13.6. The summed E-state index contributed by atoms with van der Waals surface area (Å²) in [6.45, 7) is 1.90. The fraction of sp³-hybridized carbons (Fsp3) is 0.125. The number of pyridine rings is 1. The van der Waals surface area contributed by atoms with Crippen LogP contribution in [0.5, 0.6) is 5.75 Å². The van der Waals surface area contributed by atoms with Crippen LogP contribution in [0, 0.1) is 24.6 Å². The summed E-state index contributed by atoms with van der Waals surface area (Å²) in [7, 11) is 3.50. The Morgan fingerprint density at radius 3 is 2.50 bits per heavy atom. The van der Waals surface area contributed by atoms with E-state index in [1.165, 1.54) is 12.1 Å². The Labute approximate surface area is 183 Å². The van der Waals surface area contributed by atoms with Gasteiger partial charge >= 0.3 is 0 Å². The SMILES string of the molecule is COc1cc(-c2cnn(C)c2)cn2ncc(C#Cc3cnn(-c4cccc(F)c4)c3C)c12. The van der Waals surface area contributed by atoms with Gasteiger partial charge in [0.25, 0.3) is 0 Å². The van der Waals surface area contributed by atoms with Crippen molar-refractivity contribution in [3.05, 3.63) is 84.0 Å². The quantitative estimate of drug-likeness (QED) is 0.412. The molecule has 0 bridgehead atoms. The Bertz CT molecular complexity index is 1510. The molecule has 0 N–H and O–H groups in total. The molecule has 5 aromatic rings. The number of benzene rings is 1. The number of aromatic nitrogens is 6. The van der Waals surface area contributed by atoms with Gasteiger partial charge in [0.2, 0.25) is 0 Å². The van der Waals surface area contributed by atoms with Crippen LogP contribution in [-0.2, 0) is 7.05 Å². The molecule has 4 heterocycles. The molecule has 7 nitrogen and oxygen atoms in total. The number of fused-ring (bicyclic) bond motifs is 1. The maximum absolute atomic E-state index is 13.6. The number of rotatable bonds is 3. The maximum Gasteiger partial charge on any atom is 0.146 e. The molecule has 0 aliphatic carbocycles. The van der Waals surface area contributed by atoms with Gasteiger partial charge in [0.05, 0.1) is 48.2 Å². The number of hydrogen-bond donors (Lipinski definition) is 0. The van der Waals surface area contributed by atoms with Crippen LogP contribution in [0.25, 0.3) is 22.3 Å². The monoisotopic (exact) mass is 426 g/mol. The van der Waals surface area contributed by atoms with Crippen LogP contribution < -0.4 is 4.74 Å². The molecule has 0 atom stereocenters. The molecular formula is C24H19FN6O. The van der Waals surface area contributed by atoms with Crippen LogP contribution in [0.2, 0.25) is 0 Å². The zero-order valence-corrected chi connectivity index (χ0v) is 17.7. The van der Waals surface area contributed by atoms with Gasteiger partial charge < -0.3 is 4.74 Å². The van der Waals surface area contributed by atoms with Crippen LogP contribution in [0.15, 0.2) is 61.3 Å². The molecule has 32 heavy (non-hydrogen) atoms. The fourth-order valence-corrected chi connectivity index (χ4v) is 3.59. The third kappa shape index (κ3) is 3.40. The molecule has 0 fully saturated rings. The molecule has 4 aromatic heterocycles. The summed E-state index contributed by atoms with van der Waals surface area (Å²) in [6, 6.07) is 8.25. The van der Waals surface area contributed by atoms with Crippen LogP contribution in [0.1, 0.15) is 16.8 Å². The lowest BCUT2D eigenvalue weighted by atomic mass is 10.1. The molecule has 5 rings (SSSR count). The van der Waals surface area contributed by atoms with Gasteiger partial charge in [-0.1, -0.05) is 17.9 Å². The lowest BCUT2D eigenvalue weighted by Crippen LogP contribution is -1.99. The molecule has 0 spiro atoms. The average Bonchev–Trinajstić information content (AvgIpc) is 3.50. The second-order valence-electron chi connectivity index (χ2n) is 7.34. The van der Waals surface area contributed by atoms with E-state index in [2.05, 4.69) is 27.1 Å². The largest absolute Gasteiger partial charge is 0.494 e. The van der Waals surface area contributed by atoms with Crippen LogP contribution in [0.4, 0.5) is 4.39 Å². The van der Waals surface area contributed by atoms with E-state index in [4.69, 9.17) is 4.74 Å². The van der Waals surface area contributed by atoms with Gasteiger partial charge in [-0.25, -0.2) is 13.6 Å². The zero-order chi connectivity index (χ0) is 22.2. The van der Waals surface area contributed by atoms with E-state index in [1.54, 1.807) is 51.7 Å². The molecule has 1 aromatic carbocycles. The second kappa shape index (κ2) is 7.71. The molecule has 0 aliphatic rings. The van der Waals surface area contributed by atoms with Crippen molar-refractivity contribution in [3.8, 4) is 34.4 Å². The Kier molecular flexibility index (Phi) is 4.71. The standard InChI is InChI=1S/C24H19FN6O/c1-16-17(11-28-31(16)22-6-4-5-21(25)10-22)7-8-18-12-27-30-15-19(9-23(32-3)24(18)30)20-13-26-29(2)14-20/h4-6,9-15H,1-3H3. The molecular weight excluding hydrogens is 407 g/mol. The van der Waals surface area contributed by atoms with E-state index in [9.17, 15) is 4.39 Å². The smallest absolute Gasteiger partial charge is 0.146 e. The van der Waals surface area contributed by atoms with E-state index in [0.717, 1.165) is 33.5 Å². The molecule has 8 heteroatoms. The van der Waals surface area contributed by atoms with Crippen molar-refractivity contribution < 1.29 is 9.13 Å². The highest BCUT2D eigenvalue weighted by atomic mass is 19.1. The van der Waals surface area contributed by atoms with E-state index in [1.807, 2.05) is 32.4 Å². The van der Waals surface area contributed by atoms with E-state index in [0.29, 0.717) is 11.4 Å². The summed E-state index contributed by atoms with van der Waals surface area (Å²) >= 11 is 0. The Morgan fingerprint density at radius 1 is 0.938 bits per heavy atom. The number of hydrogen-bond acceptors (Lipinski definition) is 4. The van der Waals surface area contributed by atoms with Gasteiger partial charge in [0, 0.05) is 30.6 Å². The highest BCUT2D eigenvalue weighted by Gasteiger charge is 2.13. The first-order valence-electron chi connectivity index (χ1n) is 9.90. The van der Waals surface area contributed by atoms with E-state index in [-0.39, 0.29) is 5.82 Å². The first kappa shape index (κ1) is 19.6. The Hall–Kier alpha value is -4.38. The highest BCUT2D eigenvalue weighted by molar-refractivity contribution is 5.75. The molecule has 0 amide bonds. The number of nitrogens with zero attached hydrogens (tertiary/aromatic N) is 6. The fourth-order valence-electron chi connectivity index (χ4n) is 3.59. The first-order chi connectivity index (χ1) is 15.5. The summed E-state index contributed by atoms with van der Waals surface area (Å²) in [5.74, 6) is 6.70. The van der Waals surface area contributed by atoms with Gasteiger partial charge in [0.1, 0.15) is 17.1 Å². The number of aryl methyl sites for hydroxylation is 1. The van der Waals surface area contributed by atoms with Gasteiger partial charge in [-0.3, -0.25) is 4.68 Å². The van der Waals surface area contributed by atoms with Crippen molar-refractivity contribution in [1.82, 2.24) is 29.2 Å². The van der Waals surface area contributed by atoms with Crippen molar-refractivity contribution >= 4 is 5.52 Å². The molecule has 0 unspecified atom stereocenters. The summed E-state index contributed by atoms with van der Waals surface area (Å²) in [5, 5.41) is 13.1. The Balaban J connectivity index is 1.54. The zero-order valence-electron chi connectivity index (χ0n) is 17.7. The van der Waals surface area contributed by atoms with Crippen molar-refractivity contribution in [3.63, 3.8) is 0 Å². The summed E-state index contributed by atoms with van der Waals surface area (Å²) in [4.78, 5) is 0. The van der Waals surface area contributed by atoms with E-state index >= 15 is 0 Å². The van der Waals surface area contributed by atoms with Crippen LogP contribution >= 0.6 is 0 Å². The minimum Gasteiger partial charge on any atom is -0.494 e. The minimum atomic E-state index is -0.311. The molecule has 0 saturated carbocycles. The predicted molar refractivity (Wildman–Crippen MR) is 118 cm³/mol. The second-order valence-corrected chi connectivity index (χ2v) is 7.34. The summed E-state index contributed by atoms with van der Waals surface area (Å²) in [6.07, 6.45) is 9.04. The normalized spacial score (nSPS) is 10.9. The third-order valence-electron chi connectivity index (χ3n) is 5.23. The van der Waals surface area contributed by atoms with Crippen molar-refractivity contribution in [2.24, 2.45) is 7.05 Å². The molecule has 158 valence electrons. The third-order valence-corrected chi connectivity index (χ3v) is 5.23. The Morgan fingerprint density at radius 2 is 1.75 bits per heavy atom. The van der Waals surface area contributed by atoms with Gasteiger partial charge in [-0.05, 0) is 31.2 Å². The predicted octanol–water partition coefficient (Wildman–Crippen LogP) is 3.78. The summed E-state index contributed by atoms with van der Waals surface area (Å²) in [5.41, 5.74) is 5.65. The highest BCUT2D eigenvalue weighted by Crippen LogP contribution is 2.29. The summed E-state index contributed by atoms with van der Waals surface area (Å²) < 4.78 is 24.4. The number of halogens is 1. The topological polar surface area (TPSA) is 62.2 Å². The van der Waals surface area contributed by atoms with Crippen LogP contribution in [-0.4, -0.2) is 36.3 Å². The number of methoxy groups -OCH3 is 1. The van der Waals surface area contributed by atoms with Gasteiger partial charge in [-0.15, -0.1) is 0 Å². The first-order valence-corrected chi connectivity index (χ1v) is 9.90. The molecule has 0 saturated heterocycles. The number of ether oxygens (including phenoxy) is 1. The average molecular weight is 426 g/mol. The van der Waals surface area contributed by atoms with Gasteiger partial charge in [0.15, 0.2) is 0 Å². The molecule has 0 radical (unpaired) electrons. The molecule has 0 aliphatic heterocycles. The lowest BCUT2D eigenvalue weighted by Gasteiger charge is -2.06. The van der Waals surface area contributed by atoms with E-state index < -0.39 is 0 Å². The van der Waals surface area contributed by atoms with Crippen molar-refractivity contribution in [1.29, 1.82) is 0 Å². The van der Waals surface area contributed by atoms with Crippen LogP contribution in [0.3, 0.4) is 0 Å². The minimum absolute atomic E-state index is 0.311. The van der Waals surface area contributed by atoms with Crippen molar-refractivity contribution in [2.45, 2.75) is 6.92 Å².